The number of carbonyl (C=O) groups is 2. The Morgan fingerprint density at radius 2 is 1.74 bits per heavy atom. The Morgan fingerprint density at radius 1 is 1.00 bits per heavy atom. The highest BCUT2D eigenvalue weighted by Crippen LogP contribution is 2.20. The number of aliphatic hydroxyl groups is 1. The number of aromatic nitrogens is 2. The predicted octanol–water partition coefficient (Wildman–Crippen LogP) is 5.08. The fourth-order valence-corrected chi connectivity index (χ4v) is 5.47. The number of carbonyl (C=O) groups excluding carboxylic acids is 2. The molecule has 0 radical (unpaired) electrons. The van der Waals surface area contributed by atoms with Crippen molar-refractivity contribution in [1.82, 2.24) is 20.2 Å². The monoisotopic (exact) mass is 585 g/mol. The minimum atomic E-state index is -0.875. The molecule has 0 saturated carbocycles. The van der Waals surface area contributed by atoms with Gasteiger partial charge >= 0.3 is 0 Å². The second-order valence-electron chi connectivity index (χ2n) is 11.0. The number of pyridine rings is 1. The summed E-state index contributed by atoms with van der Waals surface area (Å²) in [6.45, 7) is 6.83. The van der Waals surface area contributed by atoms with Gasteiger partial charge in [-0.25, -0.2) is 4.98 Å². The molecule has 0 fully saturated rings. The molecule has 0 unspecified atom stereocenters. The lowest BCUT2D eigenvalue weighted by atomic mass is 9.99. The molecule has 9 heteroatoms. The van der Waals surface area contributed by atoms with Gasteiger partial charge in [-0.05, 0) is 54.7 Å². The Balaban J connectivity index is 1.49. The molecule has 2 amide bonds. The van der Waals surface area contributed by atoms with Gasteiger partial charge in [-0.3, -0.25) is 14.6 Å². The van der Waals surface area contributed by atoms with Gasteiger partial charge in [-0.1, -0.05) is 50.2 Å². The van der Waals surface area contributed by atoms with Gasteiger partial charge in [-0.15, -0.1) is 11.3 Å². The molecule has 0 aliphatic carbocycles. The summed E-state index contributed by atoms with van der Waals surface area (Å²) in [6, 6.07) is 18.0. The highest BCUT2D eigenvalue weighted by atomic mass is 32.1. The van der Waals surface area contributed by atoms with E-state index in [9.17, 15) is 14.7 Å². The van der Waals surface area contributed by atoms with Gasteiger partial charge < -0.3 is 20.2 Å². The Labute approximate surface area is 252 Å². The van der Waals surface area contributed by atoms with E-state index in [1.807, 2.05) is 60.8 Å². The molecule has 4 rings (SSSR count). The number of likely N-dealkylation sites (N-methyl/N-ethyl adjacent to an activating group) is 1. The second-order valence-corrected chi connectivity index (χ2v) is 11.9. The maximum absolute atomic E-state index is 13.5. The number of rotatable bonds is 12. The summed E-state index contributed by atoms with van der Waals surface area (Å²) in [6.07, 6.45) is 3.20. The molecule has 2 aromatic heterocycles. The summed E-state index contributed by atoms with van der Waals surface area (Å²) in [5.41, 5.74) is 4.70. The standard InChI is InChI=1S/C33H39N5O3S/c1-22(2)27-16-28(18-34-17-27)37(4)19-30(39)29(14-24-10-7-6-8-11-24)36-32(40)25-12-9-13-26(15-25)33(41)38(5)20-31-35-23(3)21-42-31/h6-13,15-18,21-22,29-30,39H,14,19-20H2,1-5H3,(H,36,40)/t29-,30+/m0/s1. The number of aryl methyl sites for hydroxylation is 1. The lowest BCUT2D eigenvalue weighted by molar-refractivity contribution is 0.0784. The minimum absolute atomic E-state index is 0.197. The summed E-state index contributed by atoms with van der Waals surface area (Å²) in [5.74, 6) is -0.217. The van der Waals surface area contributed by atoms with Crippen LogP contribution in [0.1, 0.15) is 62.3 Å². The van der Waals surface area contributed by atoms with Crippen LogP contribution in [-0.2, 0) is 13.0 Å². The van der Waals surface area contributed by atoms with Crippen LogP contribution in [0.3, 0.4) is 0 Å². The molecule has 0 aliphatic heterocycles. The maximum Gasteiger partial charge on any atom is 0.253 e. The molecule has 2 atom stereocenters. The molecule has 2 N–H and O–H groups in total. The van der Waals surface area contributed by atoms with Crippen LogP contribution < -0.4 is 10.2 Å². The molecular weight excluding hydrogens is 546 g/mol. The van der Waals surface area contributed by atoms with Gasteiger partial charge in [-0.2, -0.15) is 0 Å². The van der Waals surface area contributed by atoms with Crippen molar-refractivity contribution < 1.29 is 14.7 Å². The van der Waals surface area contributed by atoms with Gasteiger partial charge in [0.2, 0.25) is 0 Å². The first-order chi connectivity index (χ1) is 20.1. The Hall–Kier alpha value is -4.08. The van der Waals surface area contributed by atoms with Crippen LogP contribution in [0.4, 0.5) is 5.69 Å². The summed E-state index contributed by atoms with van der Waals surface area (Å²) in [4.78, 5) is 39.0. The van der Waals surface area contributed by atoms with Crippen molar-refractivity contribution in [3.8, 4) is 0 Å². The van der Waals surface area contributed by atoms with Crippen molar-refractivity contribution in [3.05, 3.63) is 111 Å². The predicted molar refractivity (Wildman–Crippen MR) is 168 cm³/mol. The van der Waals surface area contributed by atoms with Crippen LogP contribution >= 0.6 is 11.3 Å². The third kappa shape index (κ3) is 8.24. The largest absolute Gasteiger partial charge is 0.389 e. The van der Waals surface area contributed by atoms with E-state index < -0.39 is 12.1 Å². The van der Waals surface area contributed by atoms with Crippen molar-refractivity contribution in [2.24, 2.45) is 0 Å². The number of amides is 2. The molecule has 220 valence electrons. The fraction of sp³-hybridized carbons (Fsp3) is 0.333. The number of nitrogens with zero attached hydrogens (tertiary/aromatic N) is 4. The summed E-state index contributed by atoms with van der Waals surface area (Å²) >= 11 is 1.51. The lowest BCUT2D eigenvalue weighted by Crippen LogP contribution is -2.49. The Bertz CT molecular complexity index is 1490. The van der Waals surface area contributed by atoms with Crippen molar-refractivity contribution in [1.29, 1.82) is 0 Å². The SMILES string of the molecule is Cc1csc(CN(C)C(=O)c2cccc(C(=O)N[C@@H](Cc3ccccc3)[C@H](O)CN(C)c3cncc(C(C)C)c3)c2)n1. The van der Waals surface area contributed by atoms with Crippen LogP contribution in [0.15, 0.2) is 78.4 Å². The Morgan fingerprint density at radius 3 is 2.43 bits per heavy atom. The lowest BCUT2D eigenvalue weighted by Gasteiger charge is -2.29. The molecule has 8 nitrogen and oxygen atoms in total. The quantitative estimate of drug-likeness (QED) is 0.241. The van der Waals surface area contributed by atoms with Crippen molar-refractivity contribution in [2.75, 3.05) is 25.5 Å². The number of hydrogen-bond donors (Lipinski definition) is 2. The van der Waals surface area contributed by atoms with Crippen LogP contribution in [0.25, 0.3) is 0 Å². The molecule has 0 saturated heterocycles. The first-order valence-corrected chi connectivity index (χ1v) is 14.9. The van der Waals surface area contributed by atoms with Gasteiger partial charge in [0.15, 0.2) is 0 Å². The fourth-order valence-electron chi connectivity index (χ4n) is 4.65. The van der Waals surface area contributed by atoms with Crippen LogP contribution in [0, 0.1) is 6.92 Å². The van der Waals surface area contributed by atoms with Gasteiger partial charge in [0.25, 0.3) is 11.8 Å². The normalized spacial score (nSPS) is 12.5. The van der Waals surface area contributed by atoms with E-state index in [1.165, 1.54) is 11.3 Å². The van der Waals surface area contributed by atoms with E-state index in [-0.39, 0.29) is 11.8 Å². The van der Waals surface area contributed by atoms with Crippen LogP contribution in [0.2, 0.25) is 0 Å². The molecule has 4 aromatic rings. The number of hydrogen-bond acceptors (Lipinski definition) is 7. The zero-order chi connectivity index (χ0) is 30.2. The molecular formula is C33H39N5O3S. The Kier molecular flexibility index (Phi) is 10.4. The molecule has 42 heavy (non-hydrogen) atoms. The molecule has 0 aliphatic rings. The van der Waals surface area contributed by atoms with E-state index >= 15 is 0 Å². The zero-order valence-electron chi connectivity index (χ0n) is 24.8. The molecule has 0 spiro atoms. The smallest absolute Gasteiger partial charge is 0.253 e. The number of aliphatic hydroxyl groups excluding tert-OH is 1. The first-order valence-electron chi connectivity index (χ1n) is 14.1. The van der Waals surface area contributed by atoms with Crippen molar-refractivity contribution in [3.63, 3.8) is 0 Å². The average Bonchev–Trinajstić information content (AvgIpc) is 3.40. The van der Waals surface area contributed by atoms with E-state index in [4.69, 9.17) is 0 Å². The topological polar surface area (TPSA) is 98.7 Å². The van der Waals surface area contributed by atoms with Gasteiger partial charge in [0.05, 0.1) is 30.6 Å². The van der Waals surface area contributed by atoms with Crippen molar-refractivity contribution >= 4 is 28.8 Å². The molecule has 2 aromatic carbocycles. The number of thiazole rings is 1. The number of benzene rings is 2. The van der Waals surface area contributed by atoms with E-state index in [0.29, 0.717) is 36.6 Å². The highest BCUT2D eigenvalue weighted by molar-refractivity contribution is 7.09. The third-order valence-corrected chi connectivity index (χ3v) is 8.10. The van der Waals surface area contributed by atoms with E-state index in [1.54, 1.807) is 42.4 Å². The van der Waals surface area contributed by atoms with Gasteiger partial charge in [0, 0.05) is 49.0 Å². The zero-order valence-corrected chi connectivity index (χ0v) is 25.6. The van der Waals surface area contributed by atoms with Crippen molar-refractivity contribution in [2.45, 2.75) is 51.8 Å². The highest BCUT2D eigenvalue weighted by Gasteiger charge is 2.25. The summed E-state index contributed by atoms with van der Waals surface area (Å²) in [5, 5.41) is 17.2. The number of nitrogens with one attached hydrogen (secondary N) is 1. The van der Waals surface area contributed by atoms with Crippen LogP contribution in [-0.4, -0.2) is 64.6 Å². The van der Waals surface area contributed by atoms with E-state index in [0.717, 1.165) is 27.5 Å². The molecule has 2 heterocycles. The summed E-state index contributed by atoms with van der Waals surface area (Å²) in [7, 11) is 3.63. The number of anilines is 1. The third-order valence-electron chi connectivity index (χ3n) is 7.15. The maximum atomic E-state index is 13.5. The minimum Gasteiger partial charge on any atom is -0.389 e. The average molecular weight is 586 g/mol. The summed E-state index contributed by atoms with van der Waals surface area (Å²) < 4.78 is 0. The first kappa shape index (κ1) is 30.9. The van der Waals surface area contributed by atoms with E-state index in [2.05, 4.69) is 35.2 Å². The van der Waals surface area contributed by atoms with Gasteiger partial charge in [0.1, 0.15) is 5.01 Å². The molecule has 0 bridgehead atoms. The van der Waals surface area contributed by atoms with Crippen LogP contribution in [0.5, 0.6) is 0 Å². The second kappa shape index (κ2) is 14.2.